The normalized spacial score (nSPS) is 18.9. The largest absolute Gasteiger partial charge is 0.382 e. The highest BCUT2D eigenvalue weighted by Crippen LogP contribution is 2.41. The molecule has 1 unspecified atom stereocenters. The van der Waals surface area contributed by atoms with E-state index >= 15 is 0 Å². The second-order valence-electron chi connectivity index (χ2n) is 17.0. The van der Waals surface area contributed by atoms with Gasteiger partial charge in [0.2, 0.25) is 0 Å². The fourth-order valence-corrected chi connectivity index (χ4v) is 8.43. The molecular formula is C46H81N5O5. The van der Waals surface area contributed by atoms with E-state index in [1.807, 2.05) is 0 Å². The molecule has 0 aliphatic carbocycles. The van der Waals surface area contributed by atoms with E-state index in [-0.39, 0.29) is 25.1 Å². The van der Waals surface area contributed by atoms with Crippen LogP contribution in [-0.2, 0) is 14.3 Å². The summed E-state index contributed by atoms with van der Waals surface area (Å²) in [6.07, 6.45) is 36.0. The molecule has 4 atom stereocenters. The highest BCUT2D eigenvalue weighted by atomic mass is 16.6. The van der Waals surface area contributed by atoms with Crippen LogP contribution < -0.4 is 5.73 Å². The highest BCUT2D eigenvalue weighted by molar-refractivity contribution is 5.91. The van der Waals surface area contributed by atoms with Crippen LogP contribution in [0.1, 0.15) is 232 Å². The van der Waals surface area contributed by atoms with Gasteiger partial charge in [0.1, 0.15) is 30.3 Å². The number of imidazole rings is 1. The van der Waals surface area contributed by atoms with Crippen molar-refractivity contribution < 1.29 is 24.5 Å². The third-order valence-electron chi connectivity index (χ3n) is 12.1. The summed E-state index contributed by atoms with van der Waals surface area (Å²) in [7, 11) is 0. The fourth-order valence-electron chi connectivity index (χ4n) is 8.43. The van der Waals surface area contributed by atoms with Crippen molar-refractivity contribution in [2.45, 2.75) is 250 Å². The first-order valence-electron chi connectivity index (χ1n) is 23.4. The summed E-state index contributed by atoms with van der Waals surface area (Å²) >= 11 is 0. The van der Waals surface area contributed by atoms with E-state index in [2.05, 4.69) is 28.8 Å². The zero-order valence-electron chi connectivity index (χ0n) is 35.7. The summed E-state index contributed by atoms with van der Waals surface area (Å²) < 4.78 is 7.81. The quantitative estimate of drug-likeness (QED) is 0.0573. The summed E-state index contributed by atoms with van der Waals surface area (Å²) in [5.41, 5.74) is 4.78. The number of unbranched alkanes of at least 4 members (excludes halogenated alkanes) is 28. The number of hydrogen-bond donors (Lipinski definition) is 3. The molecule has 0 radical (unpaired) electrons. The summed E-state index contributed by atoms with van der Waals surface area (Å²) in [5.74, 6) is -0.579. The number of nitrogens with zero attached hydrogens (tertiary/aromatic N) is 4. The molecule has 3 rings (SSSR count). The zero-order chi connectivity index (χ0) is 40.3. The Morgan fingerprint density at radius 1 is 0.679 bits per heavy atom. The standard InChI is InChI=1S/C46H81N5O5/c1-3-5-7-9-11-13-15-17-19-21-23-25-27-29-31-33-38(52)42(54)43-46(55,35-40(56-43)51-37-50-41-44(47)48-36-49-45(41)51)39(53)34-32-30-28-26-24-22-20-18-16-14-12-10-8-6-4-2/h36-37,40,42-43,54-55H,3-35H2,1-2H3,(H2,47,48,49)/t40-,42?,43-,46-/m1/s1. The molecule has 0 amide bonds. The van der Waals surface area contributed by atoms with Crippen LogP contribution >= 0.6 is 0 Å². The molecule has 10 nitrogen and oxygen atoms in total. The first kappa shape index (κ1) is 47.9. The van der Waals surface area contributed by atoms with E-state index in [9.17, 15) is 19.8 Å². The monoisotopic (exact) mass is 784 g/mol. The van der Waals surface area contributed by atoms with Crippen LogP contribution in [0.15, 0.2) is 12.7 Å². The van der Waals surface area contributed by atoms with E-state index in [1.54, 1.807) is 4.57 Å². The summed E-state index contributed by atoms with van der Waals surface area (Å²) in [6.45, 7) is 4.52. The van der Waals surface area contributed by atoms with Crippen LogP contribution in [-0.4, -0.2) is 59.1 Å². The lowest BCUT2D eigenvalue weighted by Crippen LogP contribution is -2.53. The number of aliphatic hydroxyl groups is 2. The van der Waals surface area contributed by atoms with Gasteiger partial charge in [0, 0.05) is 19.3 Å². The van der Waals surface area contributed by atoms with Crippen molar-refractivity contribution in [3.05, 3.63) is 12.7 Å². The number of anilines is 1. The molecule has 320 valence electrons. The van der Waals surface area contributed by atoms with E-state index in [0.717, 1.165) is 38.5 Å². The molecule has 1 aliphatic rings. The minimum absolute atomic E-state index is 0.117. The van der Waals surface area contributed by atoms with Crippen molar-refractivity contribution in [1.82, 2.24) is 19.5 Å². The lowest BCUT2D eigenvalue weighted by atomic mass is 9.83. The van der Waals surface area contributed by atoms with Crippen LogP contribution in [0.4, 0.5) is 5.82 Å². The topological polar surface area (TPSA) is 153 Å². The van der Waals surface area contributed by atoms with Gasteiger partial charge in [-0.15, -0.1) is 0 Å². The summed E-state index contributed by atoms with van der Waals surface area (Å²) in [4.78, 5) is 39.7. The maximum Gasteiger partial charge on any atom is 0.167 e. The Bertz CT molecular complexity index is 1340. The van der Waals surface area contributed by atoms with Gasteiger partial charge in [0.05, 0.1) is 6.33 Å². The molecule has 10 heteroatoms. The van der Waals surface area contributed by atoms with Crippen LogP contribution in [0.5, 0.6) is 0 Å². The van der Waals surface area contributed by atoms with E-state index in [0.29, 0.717) is 24.0 Å². The number of Topliss-reactive ketones (excluding diaryl/α,β-unsaturated/α-hetero) is 2. The fraction of sp³-hybridized carbons (Fsp3) is 0.848. The van der Waals surface area contributed by atoms with Gasteiger partial charge in [-0.3, -0.25) is 14.2 Å². The SMILES string of the molecule is CCCCCCCCCCCCCCCCCC(=O)C(O)[C@H]1O[C@@H](n2cnc3c(N)ncnc32)C[C@@]1(O)C(=O)CCCCCCCCCCCCCCCCC. The molecule has 2 aromatic heterocycles. The number of aliphatic hydroxyl groups excluding tert-OH is 1. The Hall–Kier alpha value is -2.43. The van der Waals surface area contributed by atoms with Crippen LogP contribution in [0.2, 0.25) is 0 Å². The molecule has 0 spiro atoms. The number of fused-ring (bicyclic) bond motifs is 1. The van der Waals surface area contributed by atoms with E-state index < -0.39 is 35.6 Å². The molecular weight excluding hydrogens is 703 g/mol. The second kappa shape index (κ2) is 28.9. The minimum atomic E-state index is -2.01. The molecule has 0 aromatic carbocycles. The number of hydrogen-bond acceptors (Lipinski definition) is 9. The van der Waals surface area contributed by atoms with Gasteiger partial charge < -0.3 is 20.7 Å². The number of carbonyl (C=O) groups is 2. The van der Waals surface area contributed by atoms with Gasteiger partial charge >= 0.3 is 0 Å². The van der Waals surface area contributed by atoms with Crippen molar-refractivity contribution in [1.29, 1.82) is 0 Å². The Kier molecular flexibility index (Phi) is 24.7. The highest BCUT2D eigenvalue weighted by Gasteiger charge is 2.56. The number of carbonyl (C=O) groups excluding carboxylic acids is 2. The van der Waals surface area contributed by atoms with E-state index in [4.69, 9.17) is 10.5 Å². The van der Waals surface area contributed by atoms with Crippen molar-refractivity contribution >= 4 is 28.5 Å². The molecule has 3 heterocycles. The van der Waals surface area contributed by atoms with Gasteiger partial charge in [-0.05, 0) is 12.8 Å². The van der Waals surface area contributed by atoms with Crippen molar-refractivity contribution in [2.24, 2.45) is 0 Å². The lowest BCUT2D eigenvalue weighted by Gasteiger charge is -2.29. The predicted molar refractivity (Wildman–Crippen MR) is 228 cm³/mol. The molecule has 0 saturated carbocycles. The van der Waals surface area contributed by atoms with Crippen LogP contribution in [0.25, 0.3) is 11.2 Å². The summed E-state index contributed by atoms with van der Waals surface area (Å²) in [6, 6.07) is 0. The number of ether oxygens (including phenoxy) is 1. The molecule has 1 aliphatic heterocycles. The van der Waals surface area contributed by atoms with Gasteiger partial charge in [-0.25, -0.2) is 15.0 Å². The van der Waals surface area contributed by atoms with Gasteiger partial charge in [-0.2, -0.15) is 0 Å². The summed E-state index contributed by atoms with van der Waals surface area (Å²) in [5, 5.41) is 23.3. The first-order valence-corrected chi connectivity index (χ1v) is 23.4. The maximum absolute atomic E-state index is 13.8. The number of nitrogen functional groups attached to an aromatic ring is 1. The number of ketones is 2. The van der Waals surface area contributed by atoms with Gasteiger partial charge in [-0.1, -0.05) is 194 Å². The van der Waals surface area contributed by atoms with Crippen LogP contribution in [0, 0.1) is 0 Å². The molecule has 1 fully saturated rings. The lowest BCUT2D eigenvalue weighted by molar-refractivity contribution is -0.160. The third kappa shape index (κ3) is 17.2. The van der Waals surface area contributed by atoms with Crippen molar-refractivity contribution in [3.63, 3.8) is 0 Å². The van der Waals surface area contributed by atoms with Gasteiger partial charge in [0.15, 0.2) is 28.6 Å². The van der Waals surface area contributed by atoms with E-state index in [1.165, 1.54) is 154 Å². The zero-order valence-corrected chi connectivity index (χ0v) is 35.7. The average molecular weight is 784 g/mol. The average Bonchev–Trinajstić information content (AvgIpc) is 3.80. The Morgan fingerprint density at radius 3 is 1.54 bits per heavy atom. The van der Waals surface area contributed by atoms with Crippen molar-refractivity contribution in [3.8, 4) is 0 Å². The molecule has 56 heavy (non-hydrogen) atoms. The first-order chi connectivity index (χ1) is 27.3. The molecule has 0 bridgehead atoms. The Morgan fingerprint density at radius 2 is 1.09 bits per heavy atom. The maximum atomic E-state index is 13.8. The van der Waals surface area contributed by atoms with Gasteiger partial charge in [0.25, 0.3) is 0 Å². The third-order valence-corrected chi connectivity index (χ3v) is 12.1. The number of rotatable bonds is 36. The smallest absolute Gasteiger partial charge is 0.167 e. The molecule has 1 saturated heterocycles. The van der Waals surface area contributed by atoms with Crippen LogP contribution in [0.3, 0.4) is 0 Å². The predicted octanol–water partition coefficient (Wildman–Crippen LogP) is 11.4. The number of aromatic nitrogens is 4. The number of nitrogens with two attached hydrogens (primary N) is 1. The molecule has 2 aromatic rings. The Labute approximate surface area is 340 Å². The second-order valence-corrected chi connectivity index (χ2v) is 17.0. The molecule has 4 N–H and O–H groups in total. The van der Waals surface area contributed by atoms with Crippen molar-refractivity contribution in [2.75, 3.05) is 5.73 Å². The minimum Gasteiger partial charge on any atom is -0.382 e. The Balaban J connectivity index is 1.39.